The van der Waals surface area contributed by atoms with Crippen LogP contribution in [0.1, 0.15) is 29.6 Å². The fourth-order valence-electron chi connectivity index (χ4n) is 3.41. The maximum absolute atomic E-state index is 11.5. The monoisotopic (exact) mass is 318 g/mol. The van der Waals surface area contributed by atoms with Crippen LogP contribution in [-0.2, 0) is 0 Å². The van der Waals surface area contributed by atoms with Gasteiger partial charge in [-0.05, 0) is 28.4 Å². The average Bonchev–Trinajstić information content (AvgIpc) is 3.22. The Kier molecular flexibility index (Phi) is 3.49. The van der Waals surface area contributed by atoms with Crippen LogP contribution in [0.15, 0.2) is 71.4 Å². The van der Waals surface area contributed by atoms with E-state index in [0.29, 0.717) is 17.7 Å². The Morgan fingerprint density at radius 1 is 1.12 bits per heavy atom. The molecule has 0 N–H and O–H groups in total. The Morgan fingerprint density at radius 3 is 2.83 bits per heavy atom. The van der Waals surface area contributed by atoms with Crippen molar-refractivity contribution in [2.45, 2.75) is 18.5 Å². The van der Waals surface area contributed by atoms with Crippen LogP contribution in [0.4, 0.5) is 5.69 Å². The number of nitrogens with zero attached hydrogens (tertiary/aromatic N) is 4. The van der Waals surface area contributed by atoms with Crippen LogP contribution in [0, 0.1) is 9.81 Å². The molecule has 0 saturated heterocycles. The van der Waals surface area contributed by atoms with Gasteiger partial charge in [0.15, 0.2) is 0 Å². The van der Waals surface area contributed by atoms with Gasteiger partial charge in [0.25, 0.3) is 0 Å². The Balaban J connectivity index is 1.71. The van der Waals surface area contributed by atoms with Gasteiger partial charge in [-0.1, -0.05) is 41.6 Å². The molecule has 0 amide bonds. The van der Waals surface area contributed by atoms with Gasteiger partial charge in [-0.3, -0.25) is 0 Å². The molecule has 118 valence electrons. The number of benzene rings is 2. The molecule has 0 bridgehead atoms. The molecule has 2 atom stereocenters. The first kappa shape index (κ1) is 14.4. The summed E-state index contributed by atoms with van der Waals surface area (Å²) in [6.07, 6.45) is 4.12. The molecule has 2 aromatic carbocycles. The van der Waals surface area contributed by atoms with Gasteiger partial charge in [0.1, 0.15) is 11.7 Å². The lowest BCUT2D eigenvalue weighted by Gasteiger charge is -2.18. The number of hydrogen-bond acceptors (Lipinski definition) is 5. The highest BCUT2D eigenvalue weighted by atomic mass is 16.3. The first-order valence-corrected chi connectivity index (χ1v) is 7.68. The van der Waals surface area contributed by atoms with E-state index in [1.54, 1.807) is 30.6 Å². The van der Waals surface area contributed by atoms with Crippen LogP contribution in [0.2, 0.25) is 0 Å². The highest BCUT2D eigenvalue weighted by molar-refractivity contribution is 5.69. The molecule has 24 heavy (non-hydrogen) atoms. The number of nitroso groups, excluding NO2 is 2. The van der Waals surface area contributed by atoms with Crippen molar-refractivity contribution in [3.05, 3.63) is 82.0 Å². The van der Waals surface area contributed by atoms with Gasteiger partial charge in [0.05, 0.1) is 24.3 Å². The van der Waals surface area contributed by atoms with Gasteiger partial charge in [-0.15, -0.1) is 4.91 Å². The van der Waals surface area contributed by atoms with Crippen LogP contribution in [0.3, 0.4) is 0 Å². The van der Waals surface area contributed by atoms with E-state index in [4.69, 9.17) is 0 Å². The molecule has 1 aliphatic rings. The largest absolute Gasteiger partial charge is 0.323 e. The zero-order valence-corrected chi connectivity index (χ0v) is 12.7. The summed E-state index contributed by atoms with van der Waals surface area (Å²) in [5.41, 5.74) is 4.34. The average molecular weight is 318 g/mol. The third-order valence-electron chi connectivity index (χ3n) is 4.53. The van der Waals surface area contributed by atoms with E-state index in [-0.39, 0.29) is 6.04 Å². The summed E-state index contributed by atoms with van der Waals surface area (Å²) < 4.78 is 2.07. The molecule has 0 radical (unpaired) electrons. The van der Waals surface area contributed by atoms with Crippen molar-refractivity contribution in [1.29, 1.82) is 0 Å². The minimum Gasteiger partial charge on any atom is -0.323 e. The number of rotatable bonds is 5. The van der Waals surface area contributed by atoms with Gasteiger partial charge in [-0.25, -0.2) is 4.98 Å². The van der Waals surface area contributed by atoms with E-state index < -0.39 is 6.04 Å². The molecule has 2 heterocycles. The second-order valence-electron chi connectivity index (χ2n) is 5.83. The van der Waals surface area contributed by atoms with E-state index in [1.807, 2.05) is 18.3 Å². The Labute approximate surface area is 138 Å². The molecule has 0 aliphatic carbocycles. The smallest absolute Gasteiger partial charge is 0.119 e. The third kappa shape index (κ3) is 2.23. The maximum Gasteiger partial charge on any atom is 0.119 e. The number of imidazole rings is 1. The van der Waals surface area contributed by atoms with Crippen LogP contribution in [-0.4, -0.2) is 9.55 Å². The predicted molar refractivity (Wildman–Crippen MR) is 90.9 cm³/mol. The zero-order chi connectivity index (χ0) is 16.5. The first-order chi connectivity index (χ1) is 11.8. The summed E-state index contributed by atoms with van der Waals surface area (Å²) in [5, 5.41) is 6.23. The summed E-state index contributed by atoms with van der Waals surface area (Å²) >= 11 is 0. The fourth-order valence-corrected chi connectivity index (χ4v) is 3.41. The summed E-state index contributed by atoms with van der Waals surface area (Å²) in [6.45, 7) is 0. The van der Waals surface area contributed by atoms with E-state index in [0.717, 1.165) is 16.8 Å². The lowest BCUT2D eigenvalue weighted by atomic mass is 9.94. The SMILES string of the molecule is O=Nc1cccc(C(CC2c3ccccc3-c3cncn32)N=O)c1. The van der Waals surface area contributed by atoms with Crippen molar-refractivity contribution in [3.63, 3.8) is 0 Å². The molecule has 6 heteroatoms. The lowest BCUT2D eigenvalue weighted by molar-refractivity contribution is 0.500. The molecule has 6 nitrogen and oxygen atoms in total. The lowest BCUT2D eigenvalue weighted by Crippen LogP contribution is -2.09. The van der Waals surface area contributed by atoms with Gasteiger partial charge >= 0.3 is 0 Å². The molecular formula is C18H14N4O2. The van der Waals surface area contributed by atoms with Gasteiger partial charge in [0, 0.05) is 12.0 Å². The Bertz CT molecular complexity index is 919. The molecule has 1 aromatic heterocycles. The van der Waals surface area contributed by atoms with Crippen molar-refractivity contribution in [2.75, 3.05) is 0 Å². The van der Waals surface area contributed by atoms with E-state index in [2.05, 4.69) is 32.0 Å². The van der Waals surface area contributed by atoms with Gasteiger partial charge < -0.3 is 4.57 Å². The van der Waals surface area contributed by atoms with Crippen molar-refractivity contribution in [1.82, 2.24) is 9.55 Å². The molecule has 1 aliphatic heterocycles. The zero-order valence-electron chi connectivity index (χ0n) is 12.7. The van der Waals surface area contributed by atoms with Crippen LogP contribution >= 0.6 is 0 Å². The summed E-state index contributed by atoms with van der Waals surface area (Å²) in [5.74, 6) is 0. The van der Waals surface area contributed by atoms with Gasteiger partial charge in [0.2, 0.25) is 0 Å². The molecule has 0 spiro atoms. The van der Waals surface area contributed by atoms with Gasteiger partial charge in [-0.2, -0.15) is 4.91 Å². The van der Waals surface area contributed by atoms with Crippen LogP contribution in [0.5, 0.6) is 0 Å². The van der Waals surface area contributed by atoms with Crippen LogP contribution in [0.25, 0.3) is 11.3 Å². The molecule has 2 unspecified atom stereocenters. The quantitative estimate of drug-likeness (QED) is 0.637. The van der Waals surface area contributed by atoms with Crippen molar-refractivity contribution >= 4 is 5.69 Å². The highest BCUT2D eigenvalue weighted by Crippen LogP contribution is 2.43. The predicted octanol–water partition coefficient (Wildman–Crippen LogP) is 4.75. The van der Waals surface area contributed by atoms with Crippen molar-refractivity contribution in [3.8, 4) is 11.3 Å². The van der Waals surface area contributed by atoms with Crippen LogP contribution < -0.4 is 0 Å². The molecule has 0 saturated carbocycles. The fraction of sp³-hybridized carbons (Fsp3) is 0.167. The maximum atomic E-state index is 11.5. The van der Waals surface area contributed by atoms with E-state index >= 15 is 0 Å². The first-order valence-electron chi connectivity index (χ1n) is 7.68. The third-order valence-corrected chi connectivity index (χ3v) is 4.53. The van der Waals surface area contributed by atoms with E-state index in [1.165, 1.54) is 0 Å². The second-order valence-corrected chi connectivity index (χ2v) is 5.83. The van der Waals surface area contributed by atoms with E-state index in [9.17, 15) is 9.81 Å². The highest BCUT2D eigenvalue weighted by Gasteiger charge is 2.31. The number of hydrogen-bond donors (Lipinski definition) is 0. The Morgan fingerprint density at radius 2 is 2.00 bits per heavy atom. The van der Waals surface area contributed by atoms with Crippen molar-refractivity contribution in [2.24, 2.45) is 10.4 Å². The summed E-state index contributed by atoms with van der Waals surface area (Å²) in [7, 11) is 0. The standard InChI is InChI=1S/C18H14N4O2/c23-20-13-5-3-4-12(8-13)16(21-24)9-17-14-6-1-2-7-15(14)18-10-19-11-22(17)18/h1-8,10-11,16-17H,9H2. The number of fused-ring (bicyclic) bond motifs is 3. The molecular weight excluding hydrogens is 304 g/mol. The van der Waals surface area contributed by atoms with Crippen molar-refractivity contribution < 1.29 is 0 Å². The molecule has 0 fully saturated rings. The minimum absolute atomic E-state index is 0.00533. The topological polar surface area (TPSA) is 76.7 Å². The number of aromatic nitrogens is 2. The molecule has 4 rings (SSSR count). The summed E-state index contributed by atoms with van der Waals surface area (Å²) in [6, 6.07) is 14.3. The second kappa shape index (κ2) is 5.81. The molecule has 3 aromatic rings. The normalized spacial score (nSPS) is 16.2. The summed E-state index contributed by atoms with van der Waals surface area (Å²) in [4.78, 5) is 26.4. The Hall–Kier alpha value is -3.15. The minimum atomic E-state index is -0.557.